The second kappa shape index (κ2) is 11.2. The first-order valence-corrected chi connectivity index (χ1v) is 11.9. The Kier molecular flexibility index (Phi) is 7.65. The molecule has 2 aromatic carbocycles. The monoisotopic (exact) mass is 485 g/mol. The quantitative estimate of drug-likeness (QED) is 0.284. The molecule has 4 rings (SSSR count). The van der Waals surface area contributed by atoms with E-state index in [0.29, 0.717) is 28.5 Å². The minimum Gasteiger partial charge on any atom is -0.487 e. The van der Waals surface area contributed by atoms with Crippen LogP contribution in [0.4, 0.5) is 0 Å². The molecule has 8 nitrogen and oxygen atoms in total. The van der Waals surface area contributed by atoms with Crippen molar-refractivity contribution in [2.75, 3.05) is 0 Å². The second-order valence-electron chi connectivity index (χ2n) is 7.72. The minimum atomic E-state index is -0.436. The molecule has 0 spiro atoms. The van der Waals surface area contributed by atoms with Crippen molar-refractivity contribution in [1.82, 2.24) is 19.9 Å². The molecule has 0 bridgehead atoms. The second-order valence-corrected chi connectivity index (χ2v) is 8.76. The normalized spacial score (nSPS) is 11.3. The predicted molar refractivity (Wildman–Crippen MR) is 134 cm³/mol. The number of fused-ring (bicyclic) bond motifs is 1. The molecule has 35 heavy (non-hydrogen) atoms. The van der Waals surface area contributed by atoms with Crippen LogP contribution < -0.4 is 15.6 Å². The Balaban J connectivity index is 1.38. The number of aryl methyl sites for hydroxylation is 1. The van der Waals surface area contributed by atoms with Crippen LogP contribution in [0.2, 0.25) is 0 Å². The van der Waals surface area contributed by atoms with E-state index in [0.717, 1.165) is 23.4 Å². The van der Waals surface area contributed by atoms with Crippen LogP contribution in [0.25, 0.3) is 11.0 Å². The molecule has 9 heteroatoms. The Morgan fingerprint density at radius 3 is 2.69 bits per heavy atom. The summed E-state index contributed by atoms with van der Waals surface area (Å²) in [6.07, 6.45) is 3.28. The highest BCUT2D eigenvalue weighted by molar-refractivity contribution is 7.16. The molecule has 1 amide bonds. The van der Waals surface area contributed by atoms with Gasteiger partial charge in [0.15, 0.2) is 0 Å². The number of ether oxygens (including phenoxy) is 1. The van der Waals surface area contributed by atoms with Crippen LogP contribution in [-0.2, 0) is 24.4 Å². The van der Waals surface area contributed by atoms with Crippen LogP contribution in [0.1, 0.15) is 35.2 Å². The van der Waals surface area contributed by atoms with Crippen LogP contribution in [0.5, 0.6) is 5.75 Å². The number of hydrogen-bond donors (Lipinski definition) is 1. The van der Waals surface area contributed by atoms with Gasteiger partial charge >= 0.3 is 0 Å². The molecule has 0 aliphatic heterocycles. The maximum Gasteiger partial charge on any atom is 0.275 e. The van der Waals surface area contributed by atoms with Crippen molar-refractivity contribution in [2.45, 2.75) is 32.9 Å². The van der Waals surface area contributed by atoms with E-state index in [2.05, 4.69) is 22.3 Å². The van der Waals surface area contributed by atoms with Gasteiger partial charge in [-0.05, 0) is 35.8 Å². The summed E-state index contributed by atoms with van der Waals surface area (Å²) in [4.78, 5) is 29.7. The van der Waals surface area contributed by atoms with Crippen molar-refractivity contribution in [3.63, 3.8) is 0 Å². The first-order valence-electron chi connectivity index (χ1n) is 11.1. The Morgan fingerprint density at radius 2 is 1.97 bits per heavy atom. The minimum absolute atomic E-state index is 0.0135. The molecule has 1 N–H and O–H groups in total. The zero-order chi connectivity index (χ0) is 24.6. The largest absolute Gasteiger partial charge is 0.487 e. The van der Waals surface area contributed by atoms with Crippen molar-refractivity contribution in [2.24, 2.45) is 0 Å². The van der Waals surface area contributed by atoms with Crippen LogP contribution in [0.3, 0.4) is 0 Å². The van der Waals surface area contributed by atoms with Gasteiger partial charge in [0, 0.05) is 19.0 Å². The number of rotatable bonds is 9. The summed E-state index contributed by atoms with van der Waals surface area (Å²) in [6, 6.07) is 19.8. The van der Waals surface area contributed by atoms with Crippen molar-refractivity contribution in [3.05, 3.63) is 98.4 Å². The van der Waals surface area contributed by atoms with Gasteiger partial charge in [0.2, 0.25) is 4.96 Å². The standard InChI is InChI=1S/C26H23N5O3S/c1-2-6-23-30-31-24(32)14-21(29-26(31)35-23)17-34-22-11-9-18(10-12-22)13-20(15-27)25(33)28-16-19-7-4-3-5-8-19/h3-5,7-14H,2,6,16-17H2,1H3,(H,28,33)/b20-13+. The molecular formula is C26H23N5O3S. The summed E-state index contributed by atoms with van der Waals surface area (Å²) in [5.41, 5.74) is 1.94. The van der Waals surface area contributed by atoms with Crippen molar-refractivity contribution in [1.29, 1.82) is 5.26 Å². The van der Waals surface area contributed by atoms with Gasteiger partial charge < -0.3 is 10.1 Å². The summed E-state index contributed by atoms with van der Waals surface area (Å²) < 4.78 is 7.10. The Labute approximate surface area is 206 Å². The van der Waals surface area contributed by atoms with Gasteiger partial charge in [-0.3, -0.25) is 9.59 Å². The van der Waals surface area contributed by atoms with Gasteiger partial charge in [0.05, 0.1) is 5.69 Å². The number of hydrogen-bond acceptors (Lipinski definition) is 7. The lowest BCUT2D eigenvalue weighted by molar-refractivity contribution is -0.117. The third-order valence-electron chi connectivity index (χ3n) is 5.04. The topological polar surface area (TPSA) is 109 Å². The fourth-order valence-electron chi connectivity index (χ4n) is 3.29. The number of benzene rings is 2. The molecule has 0 radical (unpaired) electrons. The maximum atomic E-state index is 12.4. The lowest BCUT2D eigenvalue weighted by Crippen LogP contribution is -2.23. The van der Waals surface area contributed by atoms with Gasteiger partial charge in [0.25, 0.3) is 11.5 Å². The summed E-state index contributed by atoms with van der Waals surface area (Å²) in [7, 11) is 0. The van der Waals surface area contributed by atoms with E-state index in [1.54, 1.807) is 24.3 Å². The highest BCUT2D eigenvalue weighted by atomic mass is 32.1. The molecule has 0 saturated carbocycles. The molecule has 0 atom stereocenters. The van der Waals surface area contributed by atoms with Gasteiger partial charge in [-0.25, -0.2) is 4.98 Å². The number of nitrogens with one attached hydrogen (secondary N) is 1. The Hall–Kier alpha value is -4.29. The average molecular weight is 486 g/mol. The Morgan fingerprint density at radius 1 is 1.20 bits per heavy atom. The molecule has 0 unspecified atom stereocenters. The number of amides is 1. The Bertz CT molecular complexity index is 1450. The molecule has 4 aromatic rings. The first kappa shape index (κ1) is 23.9. The van der Waals surface area contributed by atoms with E-state index >= 15 is 0 Å². The zero-order valence-corrected chi connectivity index (χ0v) is 19.9. The molecule has 0 aliphatic rings. The summed E-state index contributed by atoms with van der Waals surface area (Å²) in [6.45, 7) is 2.54. The molecule has 176 valence electrons. The summed E-state index contributed by atoms with van der Waals surface area (Å²) in [5.74, 6) is 0.141. The fourth-order valence-corrected chi connectivity index (χ4v) is 4.31. The van der Waals surface area contributed by atoms with Gasteiger partial charge in [-0.2, -0.15) is 14.9 Å². The summed E-state index contributed by atoms with van der Waals surface area (Å²) in [5, 5.41) is 17.3. The van der Waals surface area contributed by atoms with E-state index in [9.17, 15) is 14.9 Å². The van der Waals surface area contributed by atoms with E-state index in [1.165, 1.54) is 28.0 Å². The molecular weight excluding hydrogens is 462 g/mol. The van der Waals surface area contributed by atoms with Crippen molar-refractivity contribution < 1.29 is 9.53 Å². The first-order chi connectivity index (χ1) is 17.1. The van der Waals surface area contributed by atoms with Crippen LogP contribution in [0.15, 0.2) is 71.0 Å². The zero-order valence-electron chi connectivity index (χ0n) is 19.1. The highest BCUT2D eigenvalue weighted by Crippen LogP contribution is 2.17. The van der Waals surface area contributed by atoms with Gasteiger partial charge in [-0.1, -0.05) is 60.7 Å². The van der Waals surface area contributed by atoms with E-state index in [-0.39, 0.29) is 17.7 Å². The lowest BCUT2D eigenvalue weighted by atomic mass is 10.1. The average Bonchev–Trinajstić information content (AvgIpc) is 3.29. The van der Waals surface area contributed by atoms with Crippen LogP contribution >= 0.6 is 11.3 Å². The van der Waals surface area contributed by atoms with Gasteiger partial charge in [-0.15, -0.1) is 0 Å². The number of aromatic nitrogens is 3. The number of nitriles is 1. The third kappa shape index (κ3) is 6.19. The number of carbonyl (C=O) groups excluding carboxylic acids is 1. The number of carbonyl (C=O) groups is 1. The van der Waals surface area contributed by atoms with Gasteiger partial charge in [0.1, 0.15) is 29.0 Å². The summed E-state index contributed by atoms with van der Waals surface area (Å²) >= 11 is 1.41. The third-order valence-corrected chi connectivity index (χ3v) is 6.01. The highest BCUT2D eigenvalue weighted by Gasteiger charge is 2.10. The van der Waals surface area contributed by atoms with Crippen molar-refractivity contribution >= 4 is 28.3 Å². The molecule has 0 aliphatic carbocycles. The van der Waals surface area contributed by atoms with E-state index in [4.69, 9.17) is 4.74 Å². The molecule has 2 heterocycles. The molecule has 0 fully saturated rings. The van der Waals surface area contributed by atoms with Crippen LogP contribution in [-0.4, -0.2) is 20.5 Å². The maximum absolute atomic E-state index is 12.4. The molecule has 0 saturated heterocycles. The van der Waals surface area contributed by atoms with Crippen LogP contribution in [0, 0.1) is 11.3 Å². The number of nitrogens with zero attached hydrogens (tertiary/aromatic N) is 4. The van der Waals surface area contributed by atoms with E-state index < -0.39 is 5.91 Å². The predicted octanol–water partition coefficient (Wildman–Crippen LogP) is 3.91. The SMILES string of the molecule is CCCc1nn2c(=O)cc(COc3ccc(/C=C(\C#N)C(=O)NCc4ccccc4)cc3)nc2s1. The smallest absolute Gasteiger partial charge is 0.275 e. The fraction of sp³-hybridized carbons (Fsp3) is 0.192. The molecule has 2 aromatic heterocycles. The van der Waals surface area contributed by atoms with Crippen molar-refractivity contribution in [3.8, 4) is 11.8 Å². The lowest BCUT2D eigenvalue weighted by Gasteiger charge is -2.07. The van der Waals surface area contributed by atoms with E-state index in [1.807, 2.05) is 36.4 Å².